The minimum Gasteiger partial charge on any atom is -0.550 e. The molecule has 1 aromatic carbocycles. The van der Waals surface area contributed by atoms with E-state index < -0.39 is 18.4 Å². The molecule has 1 aromatic heterocycles. The second kappa shape index (κ2) is 4.51. The van der Waals surface area contributed by atoms with Gasteiger partial charge in [0.1, 0.15) is 0 Å². The molecule has 7 heteroatoms. The lowest BCUT2D eigenvalue weighted by Gasteiger charge is -2.06. The van der Waals surface area contributed by atoms with E-state index in [1.54, 1.807) is 0 Å². The fraction of sp³-hybridized carbons (Fsp3) is 0.0909. The minimum absolute atomic E-state index is 0.00231. The molecule has 0 aliphatic carbocycles. The van der Waals surface area contributed by atoms with Crippen LogP contribution in [-0.2, 0) is 11.2 Å². The first-order chi connectivity index (χ1) is 8.41. The molecule has 0 radical (unpaired) electrons. The van der Waals surface area contributed by atoms with Gasteiger partial charge in [0.25, 0.3) is 0 Å². The zero-order chi connectivity index (χ0) is 13.4. The number of fused-ring (bicyclic) bond motifs is 1. The standard InChI is InChI=1S/C11H7Cl2NO4/c12-5-1-2-6(13)10-8(5)4(3-7(15)16)9(14-10)11(17)18/h1-2,14H,3H2,(H,15,16)(H,17,18)/p-2. The molecule has 0 saturated carbocycles. The third kappa shape index (κ3) is 2.02. The van der Waals surface area contributed by atoms with Crippen LogP contribution in [0.3, 0.4) is 0 Å². The quantitative estimate of drug-likeness (QED) is 0.867. The first-order valence-corrected chi connectivity index (χ1v) is 5.57. The van der Waals surface area contributed by atoms with Crippen molar-refractivity contribution in [3.63, 3.8) is 0 Å². The van der Waals surface area contributed by atoms with E-state index in [4.69, 9.17) is 23.2 Å². The van der Waals surface area contributed by atoms with Crippen molar-refractivity contribution in [2.24, 2.45) is 0 Å². The second-order valence-electron chi connectivity index (χ2n) is 3.59. The summed E-state index contributed by atoms with van der Waals surface area (Å²) >= 11 is 11.8. The number of carbonyl (C=O) groups is 2. The summed E-state index contributed by atoms with van der Waals surface area (Å²) in [5.41, 5.74) is -0.0960. The van der Waals surface area contributed by atoms with Crippen molar-refractivity contribution in [3.05, 3.63) is 33.4 Å². The summed E-state index contributed by atoms with van der Waals surface area (Å²) in [6, 6.07) is 2.93. The Bertz CT molecular complexity index is 663. The van der Waals surface area contributed by atoms with E-state index in [1.807, 2.05) is 0 Å². The Morgan fingerprint density at radius 2 is 1.78 bits per heavy atom. The lowest BCUT2D eigenvalue weighted by molar-refractivity contribution is -0.304. The van der Waals surface area contributed by atoms with Gasteiger partial charge in [-0.2, -0.15) is 0 Å². The lowest BCUT2D eigenvalue weighted by Crippen LogP contribution is -2.28. The van der Waals surface area contributed by atoms with Crippen LogP contribution in [0.15, 0.2) is 12.1 Å². The summed E-state index contributed by atoms with van der Waals surface area (Å²) in [7, 11) is 0. The molecule has 1 N–H and O–H groups in total. The van der Waals surface area contributed by atoms with Crippen LogP contribution in [0.5, 0.6) is 0 Å². The van der Waals surface area contributed by atoms with Crippen molar-refractivity contribution < 1.29 is 19.8 Å². The molecule has 1 heterocycles. The van der Waals surface area contributed by atoms with Gasteiger partial charge in [-0.25, -0.2) is 0 Å². The Kier molecular flexibility index (Phi) is 3.19. The van der Waals surface area contributed by atoms with E-state index in [9.17, 15) is 19.8 Å². The van der Waals surface area contributed by atoms with Gasteiger partial charge in [-0.3, -0.25) is 0 Å². The number of rotatable bonds is 3. The van der Waals surface area contributed by atoms with E-state index in [0.29, 0.717) is 0 Å². The number of benzene rings is 1. The Balaban J connectivity index is 2.85. The Morgan fingerprint density at radius 1 is 1.17 bits per heavy atom. The van der Waals surface area contributed by atoms with E-state index in [1.165, 1.54) is 12.1 Å². The number of carboxylic acids is 2. The van der Waals surface area contributed by atoms with Gasteiger partial charge in [-0.15, -0.1) is 0 Å². The van der Waals surface area contributed by atoms with E-state index in [0.717, 1.165) is 0 Å². The molecule has 0 fully saturated rings. The highest BCUT2D eigenvalue weighted by Crippen LogP contribution is 2.34. The number of aromatic amines is 1. The van der Waals surface area contributed by atoms with Crippen LogP contribution >= 0.6 is 23.2 Å². The maximum Gasteiger partial charge on any atom is 0.0881 e. The maximum atomic E-state index is 11.0. The summed E-state index contributed by atoms with van der Waals surface area (Å²) in [6.45, 7) is 0. The summed E-state index contributed by atoms with van der Waals surface area (Å²) in [4.78, 5) is 24.1. The van der Waals surface area contributed by atoms with Gasteiger partial charge in [0.2, 0.25) is 0 Å². The van der Waals surface area contributed by atoms with E-state index >= 15 is 0 Å². The molecule has 0 amide bonds. The fourth-order valence-corrected chi connectivity index (χ4v) is 2.27. The predicted molar refractivity (Wildman–Crippen MR) is 61.4 cm³/mol. The molecule has 0 aliphatic rings. The molecule has 94 valence electrons. The number of H-pyrrole nitrogens is 1. The molecule has 0 unspecified atom stereocenters. The van der Waals surface area contributed by atoms with Crippen LogP contribution in [0.25, 0.3) is 10.9 Å². The number of carbonyl (C=O) groups excluding carboxylic acids is 2. The summed E-state index contributed by atoms with van der Waals surface area (Å²) in [6.07, 6.45) is -0.594. The topological polar surface area (TPSA) is 96.0 Å². The first kappa shape index (κ1) is 12.7. The van der Waals surface area contributed by atoms with Crippen molar-refractivity contribution in [2.45, 2.75) is 6.42 Å². The molecule has 18 heavy (non-hydrogen) atoms. The van der Waals surface area contributed by atoms with E-state index in [2.05, 4.69) is 4.98 Å². The zero-order valence-electron chi connectivity index (χ0n) is 8.75. The number of carboxylic acid groups (broad SMARTS) is 2. The molecular weight excluding hydrogens is 281 g/mol. The van der Waals surface area contributed by atoms with Crippen molar-refractivity contribution in [1.29, 1.82) is 0 Å². The van der Waals surface area contributed by atoms with Gasteiger partial charge in [-0.05, 0) is 17.7 Å². The maximum absolute atomic E-state index is 11.0. The van der Waals surface area contributed by atoms with Gasteiger partial charge in [-0.1, -0.05) is 23.2 Å². The van der Waals surface area contributed by atoms with Gasteiger partial charge in [0.05, 0.1) is 27.2 Å². The Hall–Kier alpha value is -1.72. The minimum atomic E-state index is -1.53. The Labute approximate surface area is 111 Å². The molecule has 2 rings (SSSR count). The van der Waals surface area contributed by atoms with Crippen LogP contribution in [0, 0.1) is 0 Å². The average molecular weight is 286 g/mol. The van der Waals surface area contributed by atoms with Gasteiger partial charge < -0.3 is 24.8 Å². The van der Waals surface area contributed by atoms with Crippen molar-refractivity contribution >= 4 is 46.0 Å². The number of aromatic nitrogens is 1. The highest BCUT2D eigenvalue weighted by molar-refractivity contribution is 6.40. The highest BCUT2D eigenvalue weighted by Gasteiger charge is 2.17. The lowest BCUT2D eigenvalue weighted by atomic mass is 10.1. The van der Waals surface area contributed by atoms with Crippen LogP contribution < -0.4 is 10.2 Å². The number of hydrogen-bond acceptors (Lipinski definition) is 4. The van der Waals surface area contributed by atoms with Crippen LogP contribution in [0.4, 0.5) is 0 Å². The molecule has 0 bridgehead atoms. The number of aromatic carboxylic acids is 1. The predicted octanol–water partition coefficient (Wildman–Crippen LogP) is 0.131. The summed E-state index contributed by atoms with van der Waals surface area (Å²) < 4.78 is 0. The molecule has 0 aliphatic heterocycles. The van der Waals surface area contributed by atoms with Crippen LogP contribution in [0.1, 0.15) is 16.1 Å². The van der Waals surface area contributed by atoms with Gasteiger partial charge >= 0.3 is 0 Å². The smallest absolute Gasteiger partial charge is 0.0881 e. The number of hydrogen-bond donors (Lipinski definition) is 1. The summed E-state index contributed by atoms with van der Waals surface area (Å²) in [5.74, 6) is -2.95. The molecule has 2 aromatic rings. The van der Waals surface area contributed by atoms with Crippen molar-refractivity contribution in [2.75, 3.05) is 0 Å². The van der Waals surface area contributed by atoms with Crippen molar-refractivity contribution in [3.8, 4) is 0 Å². The number of halogens is 2. The molecule has 0 spiro atoms. The van der Waals surface area contributed by atoms with Crippen molar-refractivity contribution in [1.82, 2.24) is 4.98 Å². The van der Waals surface area contributed by atoms with Gasteiger partial charge in [0, 0.05) is 17.8 Å². The summed E-state index contributed by atoms with van der Waals surface area (Å²) in [5, 5.41) is 22.3. The van der Waals surface area contributed by atoms with Crippen LogP contribution in [0.2, 0.25) is 10.0 Å². The van der Waals surface area contributed by atoms with Gasteiger partial charge in [0.15, 0.2) is 0 Å². The fourth-order valence-electron chi connectivity index (χ4n) is 1.79. The third-order valence-electron chi connectivity index (χ3n) is 2.48. The zero-order valence-corrected chi connectivity index (χ0v) is 10.3. The average Bonchev–Trinajstić information content (AvgIpc) is 2.63. The molecule has 0 atom stereocenters. The number of aliphatic carboxylic acids is 1. The molecular formula is C11H5Cl2NO4-2. The molecule has 0 saturated heterocycles. The molecule has 5 nitrogen and oxygen atoms in total. The SMILES string of the molecule is O=C([O-])Cc1c(C(=O)[O-])[nH]c2c(Cl)ccc(Cl)c12. The monoisotopic (exact) mass is 285 g/mol. The van der Waals surface area contributed by atoms with Crippen LogP contribution in [-0.4, -0.2) is 16.9 Å². The largest absolute Gasteiger partial charge is 0.550 e. The normalized spacial score (nSPS) is 10.8. The first-order valence-electron chi connectivity index (χ1n) is 4.81. The number of nitrogens with one attached hydrogen (secondary N) is 1. The third-order valence-corrected chi connectivity index (χ3v) is 3.11. The highest BCUT2D eigenvalue weighted by atomic mass is 35.5. The van der Waals surface area contributed by atoms with E-state index in [-0.39, 0.29) is 32.2 Å². The Morgan fingerprint density at radius 3 is 2.33 bits per heavy atom. The second-order valence-corrected chi connectivity index (χ2v) is 4.41.